The second-order valence-electron chi connectivity index (χ2n) is 7.73. The number of ether oxygens (including phenoxy) is 1. The van der Waals surface area contributed by atoms with E-state index in [2.05, 4.69) is 0 Å². The highest BCUT2D eigenvalue weighted by atomic mass is 16.6. The Kier molecular flexibility index (Phi) is 5.94. The van der Waals surface area contributed by atoms with Crippen LogP contribution in [0.15, 0.2) is 96.3 Å². The van der Waals surface area contributed by atoms with E-state index in [0.717, 1.165) is 16.7 Å². The molecule has 0 bridgehead atoms. The lowest BCUT2D eigenvalue weighted by Crippen LogP contribution is -2.36. The van der Waals surface area contributed by atoms with Crippen LogP contribution in [0, 0.1) is 6.92 Å². The van der Waals surface area contributed by atoms with Gasteiger partial charge in [-0.2, -0.15) is 0 Å². The Labute approximate surface area is 181 Å². The summed E-state index contributed by atoms with van der Waals surface area (Å²) in [6.07, 6.45) is 8.13. The van der Waals surface area contributed by atoms with E-state index in [1.807, 2.05) is 79.7 Å². The molecular weight excluding hydrogens is 388 g/mol. The molecule has 31 heavy (non-hydrogen) atoms. The van der Waals surface area contributed by atoms with E-state index in [0.29, 0.717) is 18.7 Å². The van der Waals surface area contributed by atoms with Gasteiger partial charge < -0.3 is 4.74 Å². The normalized spacial score (nSPS) is 18.2. The first-order valence-electron chi connectivity index (χ1n) is 10.3. The fourth-order valence-corrected chi connectivity index (χ4v) is 3.58. The number of hydrogen-bond acceptors (Lipinski definition) is 4. The average molecular weight is 412 g/mol. The van der Waals surface area contributed by atoms with Crippen LogP contribution >= 0.6 is 0 Å². The lowest BCUT2D eigenvalue weighted by Gasteiger charge is -2.20. The summed E-state index contributed by atoms with van der Waals surface area (Å²) in [5, 5.41) is 0. The number of aryl methyl sites for hydroxylation is 1. The standard InChI is InChI=1S/C26H24N2O3/c1-20-12-14-22(15-13-20)24-27-26(25(30)31-24,19-21-9-3-2-4-10-21)16-6-5-11-23(29)28-17-7-8-18-28/h2-10,12-15,17-18H,11,16,19H2,1H3/b6-5+. The highest BCUT2D eigenvalue weighted by molar-refractivity contribution is 6.08. The summed E-state index contributed by atoms with van der Waals surface area (Å²) in [4.78, 5) is 30.0. The van der Waals surface area contributed by atoms with Gasteiger partial charge in [-0.25, -0.2) is 9.79 Å². The highest BCUT2D eigenvalue weighted by Crippen LogP contribution is 2.31. The highest BCUT2D eigenvalue weighted by Gasteiger charge is 2.45. The van der Waals surface area contributed by atoms with Crippen LogP contribution in [-0.4, -0.2) is 27.9 Å². The lowest BCUT2D eigenvalue weighted by molar-refractivity contribution is -0.138. The average Bonchev–Trinajstić information content (AvgIpc) is 3.42. The van der Waals surface area contributed by atoms with E-state index in [1.165, 1.54) is 0 Å². The van der Waals surface area contributed by atoms with Crippen molar-refractivity contribution < 1.29 is 14.3 Å². The van der Waals surface area contributed by atoms with Crippen molar-refractivity contribution in [3.8, 4) is 0 Å². The molecule has 5 nitrogen and oxygen atoms in total. The minimum Gasteiger partial charge on any atom is -0.405 e. The van der Waals surface area contributed by atoms with E-state index >= 15 is 0 Å². The number of esters is 1. The van der Waals surface area contributed by atoms with E-state index in [1.54, 1.807) is 23.0 Å². The molecule has 1 aromatic heterocycles. The number of allylic oxidation sites excluding steroid dienone is 1. The summed E-state index contributed by atoms with van der Waals surface area (Å²) in [6, 6.07) is 21.2. The number of aliphatic imine (C=N–C) groups is 1. The van der Waals surface area contributed by atoms with E-state index in [-0.39, 0.29) is 18.3 Å². The maximum absolute atomic E-state index is 13.0. The van der Waals surface area contributed by atoms with Gasteiger partial charge >= 0.3 is 5.97 Å². The van der Waals surface area contributed by atoms with Gasteiger partial charge in [0.1, 0.15) is 0 Å². The van der Waals surface area contributed by atoms with Crippen molar-refractivity contribution in [1.82, 2.24) is 4.57 Å². The molecule has 0 fully saturated rings. The second-order valence-corrected chi connectivity index (χ2v) is 7.73. The predicted octanol–water partition coefficient (Wildman–Crippen LogP) is 4.76. The zero-order valence-corrected chi connectivity index (χ0v) is 17.4. The topological polar surface area (TPSA) is 60.7 Å². The molecule has 2 heterocycles. The van der Waals surface area contributed by atoms with E-state index in [4.69, 9.17) is 9.73 Å². The van der Waals surface area contributed by atoms with Crippen LogP contribution in [0.4, 0.5) is 0 Å². The van der Waals surface area contributed by atoms with Gasteiger partial charge in [-0.1, -0.05) is 60.2 Å². The predicted molar refractivity (Wildman–Crippen MR) is 120 cm³/mol. The molecule has 0 saturated heterocycles. The van der Waals surface area contributed by atoms with Crippen LogP contribution in [0.1, 0.15) is 34.3 Å². The van der Waals surface area contributed by atoms with Crippen molar-refractivity contribution in [3.05, 3.63) is 108 Å². The van der Waals surface area contributed by atoms with Gasteiger partial charge in [0.15, 0.2) is 5.54 Å². The molecule has 0 spiro atoms. The molecule has 3 aromatic rings. The molecule has 156 valence electrons. The Balaban J connectivity index is 1.57. The molecule has 0 amide bonds. The maximum Gasteiger partial charge on any atom is 0.341 e. The third-order valence-corrected chi connectivity index (χ3v) is 5.33. The van der Waals surface area contributed by atoms with Crippen LogP contribution < -0.4 is 0 Å². The monoisotopic (exact) mass is 412 g/mol. The Hall–Kier alpha value is -3.73. The van der Waals surface area contributed by atoms with Crippen molar-refractivity contribution >= 4 is 17.8 Å². The number of nitrogens with zero attached hydrogens (tertiary/aromatic N) is 2. The molecule has 1 unspecified atom stereocenters. The number of hydrogen-bond donors (Lipinski definition) is 0. The summed E-state index contributed by atoms with van der Waals surface area (Å²) in [7, 11) is 0. The number of cyclic esters (lactones) is 1. The molecule has 2 aromatic carbocycles. The van der Waals surface area contributed by atoms with Crippen molar-refractivity contribution in [1.29, 1.82) is 0 Å². The molecule has 1 aliphatic rings. The number of carbonyl (C=O) groups is 2. The molecule has 4 rings (SSSR count). The summed E-state index contributed by atoms with van der Waals surface area (Å²) >= 11 is 0. The third kappa shape index (κ3) is 4.72. The van der Waals surface area contributed by atoms with Crippen LogP contribution in [-0.2, 0) is 16.0 Å². The Morgan fingerprint density at radius 3 is 2.42 bits per heavy atom. The third-order valence-electron chi connectivity index (χ3n) is 5.33. The van der Waals surface area contributed by atoms with Gasteiger partial charge in [0.25, 0.3) is 0 Å². The maximum atomic E-state index is 13.0. The molecule has 0 aliphatic carbocycles. The summed E-state index contributed by atoms with van der Waals surface area (Å²) in [5.41, 5.74) is 1.86. The van der Waals surface area contributed by atoms with Crippen LogP contribution in [0.2, 0.25) is 0 Å². The Morgan fingerprint density at radius 1 is 1.00 bits per heavy atom. The Bertz CT molecular complexity index is 1110. The molecule has 1 atom stereocenters. The zero-order chi connectivity index (χ0) is 21.7. The fourth-order valence-electron chi connectivity index (χ4n) is 3.58. The van der Waals surface area contributed by atoms with Crippen LogP contribution in [0.5, 0.6) is 0 Å². The van der Waals surface area contributed by atoms with Gasteiger partial charge in [-0.15, -0.1) is 0 Å². The first-order valence-corrected chi connectivity index (χ1v) is 10.3. The van der Waals surface area contributed by atoms with Gasteiger partial charge in [-0.05, 0) is 36.8 Å². The first-order chi connectivity index (χ1) is 15.1. The second kappa shape index (κ2) is 8.96. The van der Waals surface area contributed by atoms with Gasteiger partial charge in [0, 0.05) is 37.2 Å². The lowest BCUT2D eigenvalue weighted by atomic mass is 9.88. The molecule has 0 saturated carbocycles. The van der Waals surface area contributed by atoms with Crippen LogP contribution in [0.3, 0.4) is 0 Å². The van der Waals surface area contributed by atoms with Crippen molar-refractivity contribution in [3.63, 3.8) is 0 Å². The zero-order valence-electron chi connectivity index (χ0n) is 17.4. The van der Waals surface area contributed by atoms with Crippen molar-refractivity contribution in [2.24, 2.45) is 4.99 Å². The van der Waals surface area contributed by atoms with E-state index < -0.39 is 5.54 Å². The fraction of sp³-hybridized carbons (Fsp3) is 0.192. The molecule has 0 N–H and O–H groups in total. The number of carbonyl (C=O) groups excluding carboxylic acids is 2. The minimum atomic E-state index is -1.05. The summed E-state index contributed by atoms with van der Waals surface area (Å²) in [6.45, 7) is 2.01. The summed E-state index contributed by atoms with van der Waals surface area (Å²) in [5.74, 6) is -0.0535. The number of rotatable bonds is 7. The smallest absolute Gasteiger partial charge is 0.341 e. The van der Waals surface area contributed by atoms with Gasteiger partial charge in [0.2, 0.25) is 11.8 Å². The van der Waals surface area contributed by atoms with Gasteiger partial charge in [-0.3, -0.25) is 9.36 Å². The molecule has 1 aliphatic heterocycles. The largest absolute Gasteiger partial charge is 0.405 e. The summed E-state index contributed by atoms with van der Waals surface area (Å²) < 4.78 is 7.16. The van der Waals surface area contributed by atoms with Crippen molar-refractivity contribution in [2.75, 3.05) is 0 Å². The Morgan fingerprint density at radius 2 is 1.71 bits per heavy atom. The minimum absolute atomic E-state index is 0.0313. The number of aromatic nitrogens is 1. The molecular formula is C26H24N2O3. The SMILES string of the molecule is Cc1ccc(C2=NC(C/C=C/CC(=O)n3cccc3)(Cc3ccccc3)C(=O)O2)cc1. The van der Waals surface area contributed by atoms with E-state index in [9.17, 15) is 9.59 Å². The van der Waals surface area contributed by atoms with Gasteiger partial charge in [0.05, 0.1) is 0 Å². The number of benzene rings is 2. The van der Waals surface area contributed by atoms with Crippen LogP contribution in [0.25, 0.3) is 0 Å². The molecule has 0 radical (unpaired) electrons. The quantitative estimate of drug-likeness (QED) is 0.415. The first kappa shape index (κ1) is 20.5. The molecule has 5 heteroatoms. The van der Waals surface area contributed by atoms with Crippen molar-refractivity contribution in [2.45, 2.75) is 31.7 Å².